The minimum atomic E-state index is 0.555. The number of fused-ring (bicyclic) bond motifs is 1. The summed E-state index contributed by atoms with van der Waals surface area (Å²) in [5, 5.41) is 3.69. The molecule has 0 atom stereocenters. The number of hydrogen-bond donors (Lipinski definition) is 1. The molecule has 1 N–H and O–H groups in total. The summed E-state index contributed by atoms with van der Waals surface area (Å²) in [7, 11) is 1.84. The Labute approximate surface area is 116 Å². The molecule has 98 valence electrons. The van der Waals surface area contributed by atoms with E-state index in [0.29, 0.717) is 24.1 Å². The Bertz CT molecular complexity index is 583. The average Bonchev–Trinajstić information content (AvgIpc) is 2.47. The molecule has 0 radical (unpaired) electrons. The molecule has 0 aliphatic carbocycles. The van der Waals surface area contributed by atoms with Gasteiger partial charge in [-0.25, -0.2) is 9.97 Å². The van der Waals surface area contributed by atoms with Crippen molar-refractivity contribution in [1.29, 1.82) is 0 Å². The molecular formula is C13H13ClN4O. The first-order valence-electron chi connectivity index (χ1n) is 6.05. The molecule has 19 heavy (non-hydrogen) atoms. The van der Waals surface area contributed by atoms with Gasteiger partial charge in [0.2, 0.25) is 0 Å². The Morgan fingerprint density at radius 1 is 1.32 bits per heavy atom. The molecule has 3 rings (SSSR count). The number of aromatic nitrogens is 3. The Kier molecular flexibility index (Phi) is 3.31. The van der Waals surface area contributed by atoms with Gasteiger partial charge in [-0.3, -0.25) is 4.98 Å². The van der Waals surface area contributed by atoms with Crippen LogP contribution in [0, 0.1) is 0 Å². The van der Waals surface area contributed by atoms with Gasteiger partial charge in [0.1, 0.15) is 11.5 Å². The van der Waals surface area contributed by atoms with E-state index in [1.165, 1.54) is 0 Å². The van der Waals surface area contributed by atoms with Crippen LogP contribution in [-0.4, -0.2) is 28.6 Å². The van der Waals surface area contributed by atoms with Crippen molar-refractivity contribution in [3.8, 4) is 11.5 Å². The summed E-state index contributed by atoms with van der Waals surface area (Å²) in [5.74, 6) is 1.41. The molecule has 0 saturated heterocycles. The predicted octanol–water partition coefficient (Wildman–Crippen LogP) is 2.31. The van der Waals surface area contributed by atoms with E-state index in [1.54, 1.807) is 12.3 Å². The van der Waals surface area contributed by atoms with E-state index in [2.05, 4.69) is 20.3 Å². The number of ether oxygens (including phenoxy) is 1. The zero-order chi connectivity index (χ0) is 13.2. The Hall–Kier alpha value is -1.72. The fourth-order valence-corrected chi connectivity index (χ4v) is 2.17. The molecule has 0 amide bonds. The predicted molar refractivity (Wildman–Crippen MR) is 73.2 cm³/mol. The van der Waals surface area contributed by atoms with Crippen LogP contribution in [0.15, 0.2) is 18.3 Å². The van der Waals surface area contributed by atoms with Gasteiger partial charge in [-0.05, 0) is 12.1 Å². The third kappa shape index (κ3) is 2.39. The highest BCUT2D eigenvalue weighted by molar-refractivity contribution is 6.30. The van der Waals surface area contributed by atoms with E-state index in [9.17, 15) is 0 Å². The van der Waals surface area contributed by atoms with Gasteiger partial charge in [-0.1, -0.05) is 11.6 Å². The van der Waals surface area contributed by atoms with Crippen LogP contribution >= 0.6 is 11.6 Å². The van der Waals surface area contributed by atoms with Crippen LogP contribution < -0.4 is 5.32 Å². The van der Waals surface area contributed by atoms with Crippen LogP contribution in [-0.2, 0) is 17.8 Å². The number of pyridine rings is 1. The molecule has 1 aliphatic rings. The molecule has 0 spiro atoms. The van der Waals surface area contributed by atoms with Crippen LogP contribution in [0.2, 0.25) is 5.02 Å². The number of hydrogen-bond acceptors (Lipinski definition) is 5. The molecule has 0 bridgehead atoms. The van der Waals surface area contributed by atoms with E-state index in [0.717, 1.165) is 29.2 Å². The highest BCUT2D eigenvalue weighted by Gasteiger charge is 2.18. The minimum Gasteiger partial charge on any atom is -0.376 e. The fraction of sp³-hybridized carbons (Fsp3) is 0.308. The monoisotopic (exact) mass is 276 g/mol. The number of rotatable bonds is 2. The summed E-state index contributed by atoms with van der Waals surface area (Å²) in [4.78, 5) is 13.3. The van der Waals surface area contributed by atoms with Crippen LogP contribution in [0.1, 0.15) is 11.3 Å². The lowest BCUT2D eigenvalue weighted by atomic mass is 10.1. The molecule has 2 aromatic heterocycles. The van der Waals surface area contributed by atoms with E-state index in [1.807, 2.05) is 13.1 Å². The number of halogens is 1. The topological polar surface area (TPSA) is 59.9 Å². The van der Waals surface area contributed by atoms with Crippen molar-refractivity contribution in [2.75, 3.05) is 19.0 Å². The summed E-state index contributed by atoms with van der Waals surface area (Å²) in [6.45, 7) is 1.25. The molecule has 5 nitrogen and oxygen atoms in total. The SMILES string of the molecule is CNc1nc(-c2ccc(Cl)cn2)nc2c1COCC2. The maximum atomic E-state index is 5.84. The highest BCUT2D eigenvalue weighted by atomic mass is 35.5. The molecule has 3 heterocycles. The van der Waals surface area contributed by atoms with Crippen molar-refractivity contribution < 1.29 is 4.74 Å². The van der Waals surface area contributed by atoms with Gasteiger partial charge in [0.05, 0.1) is 23.9 Å². The quantitative estimate of drug-likeness (QED) is 0.912. The molecule has 0 saturated carbocycles. The maximum Gasteiger partial charge on any atom is 0.180 e. The van der Waals surface area contributed by atoms with Gasteiger partial charge in [0, 0.05) is 25.2 Å². The lowest BCUT2D eigenvalue weighted by Gasteiger charge is -2.19. The van der Waals surface area contributed by atoms with Crippen molar-refractivity contribution in [3.05, 3.63) is 34.6 Å². The normalized spacial score (nSPS) is 14.0. The molecule has 1 aliphatic heterocycles. The zero-order valence-corrected chi connectivity index (χ0v) is 11.2. The minimum absolute atomic E-state index is 0.555. The average molecular weight is 277 g/mol. The largest absolute Gasteiger partial charge is 0.376 e. The van der Waals surface area contributed by atoms with Crippen molar-refractivity contribution in [2.24, 2.45) is 0 Å². The van der Waals surface area contributed by atoms with Crippen LogP contribution in [0.5, 0.6) is 0 Å². The Morgan fingerprint density at radius 2 is 2.21 bits per heavy atom. The number of anilines is 1. The second kappa shape index (κ2) is 5.11. The first-order chi connectivity index (χ1) is 9.28. The molecule has 0 unspecified atom stereocenters. The van der Waals surface area contributed by atoms with Gasteiger partial charge in [-0.15, -0.1) is 0 Å². The third-order valence-corrected chi connectivity index (χ3v) is 3.24. The number of nitrogens with one attached hydrogen (secondary N) is 1. The van der Waals surface area contributed by atoms with Gasteiger partial charge >= 0.3 is 0 Å². The third-order valence-electron chi connectivity index (χ3n) is 3.02. The van der Waals surface area contributed by atoms with Crippen molar-refractivity contribution in [1.82, 2.24) is 15.0 Å². The van der Waals surface area contributed by atoms with Gasteiger partial charge in [-0.2, -0.15) is 0 Å². The first kappa shape index (κ1) is 12.3. The maximum absolute atomic E-state index is 5.84. The summed E-state index contributed by atoms with van der Waals surface area (Å²) < 4.78 is 5.45. The molecular weight excluding hydrogens is 264 g/mol. The van der Waals surface area contributed by atoms with E-state index >= 15 is 0 Å². The molecule has 0 aromatic carbocycles. The second-order valence-electron chi connectivity index (χ2n) is 4.24. The lowest BCUT2D eigenvalue weighted by Crippen LogP contribution is -2.16. The van der Waals surface area contributed by atoms with Crippen molar-refractivity contribution >= 4 is 17.4 Å². The van der Waals surface area contributed by atoms with Gasteiger partial charge in [0.25, 0.3) is 0 Å². The van der Waals surface area contributed by atoms with Crippen LogP contribution in [0.25, 0.3) is 11.5 Å². The standard InChI is InChI=1S/C13H13ClN4O/c1-15-12-9-7-19-5-4-10(9)17-13(18-12)11-3-2-8(14)6-16-11/h2-3,6H,4-5,7H2,1H3,(H,15,17,18). The zero-order valence-electron chi connectivity index (χ0n) is 10.5. The summed E-state index contributed by atoms with van der Waals surface area (Å²) in [6, 6.07) is 3.61. The molecule has 6 heteroatoms. The molecule has 0 fully saturated rings. The van der Waals surface area contributed by atoms with Gasteiger partial charge in [0.15, 0.2) is 5.82 Å². The Balaban J connectivity index is 2.09. The fourth-order valence-electron chi connectivity index (χ4n) is 2.06. The van der Waals surface area contributed by atoms with Crippen LogP contribution in [0.4, 0.5) is 5.82 Å². The van der Waals surface area contributed by atoms with Crippen LogP contribution in [0.3, 0.4) is 0 Å². The summed E-state index contributed by atoms with van der Waals surface area (Å²) >= 11 is 5.84. The summed E-state index contributed by atoms with van der Waals surface area (Å²) in [5.41, 5.74) is 2.78. The smallest absolute Gasteiger partial charge is 0.180 e. The van der Waals surface area contributed by atoms with E-state index in [4.69, 9.17) is 16.3 Å². The summed E-state index contributed by atoms with van der Waals surface area (Å²) in [6.07, 6.45) is 2.40. The van der Waals surface area contributed by atoms with E-state index in [-0.39, 0.29) is 0 Å². The van der Waals surface area contributed by atoms with Crippen molar-refractivity contribution in [2.45, 2.75) is 13.0 Å². The second-order valence-corrected chi connectivity index (χ2v) is 4.67. The molecule has 2 aromatic rings. The lowest BCUT2D eigenvalue weighted by molar-refractivity contribution is 0.109. The Morgan fingerprint density at radius 3 is 2.95 bits per heavy atom. The van der Waals surface area contributed by atoms with Crippen molar-refractivity contribution in [3.63, 3.8) is 0 Å². The van der Waals surface area contributed by atoms with Gasteiger partial charge < -0.3 is 10.1 Å². The highest BCUT2D eigenvalue weighted by Crippen LogP contribution is 2.25. The first-order valence-corrected chi connectivity index (χ1v) is 6.43. The van der Waals surface area contributed by atoms with E-state index < -0.39 is 0 Å². The number of nitrogens with zero attached hydrogens (tertiary/aromatic N) is 3.